The van der Waals surface area contributed by atoms with E-state index in [-0.39, 0.29) is 38.4 Å². The van der Waals surface area contributed by atoms with E-state index in [1.807, 2.05) is 42.5 Å². The van der Waals surface area contributed by atoms with Gasteiger partial charge in [-0.05, 0) is 43.9 Å². The Morgan fingerprint density at radius 2 is 0.962 bits per heavy atom. The first kappa shape index (κ1) is 44.5. The molecule has 0 N–H and O–H groups in total. The lowest BCUT2D eigenvalue weighted by molar-refractivity contribution is -0.155. The van der Waals surface area contributed by atoms with Gasteiger partial charge in [0.25, 0.3) is 0 Å². The number of benzene rings is 3. The van der Waals surface area contributed by atoms with Crippen molar-refractivity contribution in [1.29, 1.82) is 0 Å². The molecule has 0 fully saturated rings. The zero-order valence-corrected chi connectivity index (χ0v) is 34.5. The second kappa shape index (κ2) is 26.8. The third kappa shape index (κ3) is 16.6. The zero-order chi connectivity index (χ0) is 38.1. The lowest BCUT2D eigenvalue weighted by atomic mass is 10.0. The largest absolute Gasteiger partial charge is 0.488 e. The smallest absolute Gasteiger partial charge is 0.306 e. The van der Waals surface area contributed by atoms with E-state index in [0.717, 1.165) is 77.4 Å². The summed E-state index contributed by atoms with van der Waals surface area (Å²) < 4.78 is 37.9. The maximum atomic E-state index is 12.7. The number of ether oxygens (including phenoxy) is 6. The summed E-state index contributed by atoms with van der Waals surface area (Å²) in [7, 11) is 0. The van der Waals surface area contributed by atoms with E-state index in [0.29, 0.717) is 37.6 Å². The number of hydrogen-bond acceptors (Lipinski definition) is 8. The number of hydrogen-bond donors (Lipinski definition) is 0. The molecule has 3 aromatic carbocycles. The quantitative estimate of drug-likeness (QED) is 0.0374. The van der Waals surface area contributed by atoms with Crippen LogP contribution in [0.3, 0.4) is 0 Å². The maximum absolute atomic E-state index is 12.7. The van der Waals surface area contributed by atoms with Gasteiger partial charge in [0.2, 0.25) is 0 Å². The van der Waals surface area contributed by atoms with Gasteiger partial charge in [-0.15, -0.1) is 0 Å². The fourth-order valence-electron chi connectivity index (χ4n) is 6.14. The molecule has 3 aromatic rings. The third-order valence-corrected chi connectivity index (χ3v) is 9.66. The molecule has 0 aliphatic heterocycles. The van der Waals surface area contributed by atoms with Gasteiger partial charge in [0, 0.05) is 52.1 Å². The van der Waals surface area contributed by atoms with Crippen molar-refractivity contribution in [2.24, 2.45) is 0 Å². The molecule has 2 atom stereocenters. The minimum atomic E-state index is -0.554. The highest BCUT2D eigenvalue weighted by Gasteiger charge is 2.22. The molecular weight excluding hydrogens is 736 g/mol. The number of carbonyl (C=O) groups excluding carboxylic acids is 2. The summed E-state index contributed by atoms with van der Waals surface area (Å²) in [6.07, 6.45) is 14.5. The SMILES string of the molecule is CCCCCCCOCC(COc1c2ccccc2c(OCC(COCCCCCCC)OC(=O)CCCC)c2cc(Br)ccc12)OC(=O)CCCC. The van der Waals surface area contributed by atoms with Gasteiger partial charge in [-0.25, -0.2) is 0 Å². The molecule has 0 spiro atoms. The van der Waals surface area contributed by atoms with Crippen LogP contribution in [0.15, 0.2) is 46.9 Å². The summed E-state index contributed by atoms with van der Waals surface area (Å²) in [5.41, 5.74) is 0. The summed E-state index contributed by atoms with van der Waals surface area (Å²) in [5.74, 6) is 0.879. The molecule has 0 aromatic heterocycles. The average molecular weight is 802 g/mol. The monoisotopic (exact) mass is 800 g/mol. The van der Waals surface area contributed by atoms with Crippen molar-refractivity contribution in [3.63, 3.8) is 0 Å². The minimum absolute atomic E-state index is 0.144. The van der Waals surface area contributed by atoms with E-state index in [1.165, 1.54) is 38.5 Å². The molecule has 0 radical (unpaired) electrons. The number of esters is 2. The number of carbonyl (C=O) groups is 2. The predicted molar refractivity (Wildman–Crippen MR) is 218 cm³/mol. The van der Waals surface area contributed by atoms with Crippen LogP contribution in [0.5, 0.6) is 11.5 Å². The van der Waals surface area contributed by atoms with Crippen LogP contribution in [0.1, 0.15) is 130 Å². The Hall–Kier alpha value is -2.88. The van der Waals surface area contributed by atoms with Gasteiger partial charge in [0.05, 0.1) is 13.2 Å². The van der Waals surface area contributed by atoms with Crippen molar-refractivity contribution in [3.05, 3.63) is 46.9 Å². The molecule has 2 unspecified atom stereocenters. The summed E-state index contributed by atoms with van der Waals surface area (Å²) in [4.78, 5) is 25.5. The van der Waals surface area contributed by atoms with Crippen LogP contribution in [0.2, 0.25) is 0 Å². The van der Waals surface area contributed by atoms with Gasteiger partial charge in [0.15, 0.2) is 12.2 Å². The molecule has 296 valence electrons. The number of fused-ring (bicyclic) bond motifs is 2. The molecule has 0 heterocycles. The highest BCUT2D eigenvalue weighted by molar-refractivity contribution is 9.10. The van der Waals surface area contributed by atoms with E-state index in [9.17, 15) is 9.59 Å². The van der Waals surface area contributed by atoms with Gasteiger partial charge < -0.3 is 28.4 Å². The average Bonchev–Trinajstić information content (AvgIpc) is 3.16. The summed E-state index contributed by atoms with van der Waals surface area (Å²) in [6.45, 7) is 10.6. The molecule has 0 amide bonds. The first-order valence-corrected chi connectivity index (χ1v) is 21.1. The van der Waals surface area contributed by atoms with E-state index < -0.39 is 12.2 Å². The minimum Gasteiger partial charge on any atom is -0.488 e. The van der Waals surface area contributed by atoms with Crippen LogP contribution >= 0.6 is 15.9 Å². The standard InChI is InChI=1S/C44H65BrO8/c1-5-9-13-15-19-27-48-30-35(52-41(46)23-11-7-3)32-50-43-37-21-17-18-22-38(37)44(40-29-34(45)25-26-39(40)43)51-33-36(53-42(47)24-12-8-4)31-49-28-20-16-14-10-6-2/h17-18,21-22,25-26,29,35-36H,5-16,19-20,23-24,27-28,30-33H2,1-4H3. The van der Waals surface area contributed by atoms with Gasteiger partial charge >= 0.3 is 11.9 Å². The second-order valence-corrected chi connectivity index (χ2v) is 14.8. The summed E-state index contributed by atoms with van der Waals surface area (Å²) >= 11 is 3.66. The second-order valence-electron chi connectivity index (χ2n) is 13.9. The fourth-order valence-corrected chi connectivity index (χ4v) is 6.51. The molecule has 3 rings (SSSR count). The number of halogens is 1. The third-order valence-electron chi connectivity index (χ3n) is 9.17. The van der Waals surface area contributed by atoms with Gasteiger partial charge in [-0.2, -0.15) is 0 Å². The Morgan fingerprint density at radius 3 is 1.43 bits per heavy atom. The number of unbranched alkanes of at least 4 members (excludes halogenated alkanes) is 10. The number of rotatable bonds is 30. The Labute approximate surface area is 327 Å². The molecule has 0 bridgehead atoms. The highest BCUT2D eigenvalue weighted by atomic mass is 79.9. The zero-order valence-electron chi connectivity index (χ0n) is 32.9. The van der Waals surface area contributed by atoms with E-state index in [2.05, 4.69) is 43.6 Å². The van der Waals surface area contributed by atoms with Crippen LogP contribution in [0.25, 0.3) is 21.5 Å². The van der Waals surface area contributed by atoms with Crippen molar-refractivity contribution in [1.82, 2.24) is 0 Å². The first-order valence-electron chi connectivity index (χ1n) is 20.4. The molecule has 53 heavy (non-hydrogen) atoms. The molecular formula is C44H65BrO8. The fraction of sp³-hybridized carbons (Fsp3) is 0.636. The van der Waals surface area contributed by atoms with Crippen molar-refractivity contribution < 1.29 is 38.0 Å². The van der Waals surface area contributed by atoms with Gasteiger partial charge in [0.1, 0.15) is 24.7 Å². The lowest BCUT2D eigenvalue weighted by Gasteiger charge is -2.23. The predicted octanol–water partition coefficient (Wildman–Crippen LogP) is 11.7. The van der Waals surface area contributed by atoms with Crippen LogP contribution in [-0.2, 0) is 28.5 Å². The van der Waals surface area contributed by atoms with Crippen LogP contribution in [0, 0.1) is 0 Å². The lowest BCUT2D eigenvalue weighted by Crippen LogP contribution is -2.30. The molecule has 0 aliphatic rings. The van der Waals surface area contributed by atoms with E-state index in [4.69, 9.17) is 28.4 Å². The Morgan fingerprint density at radius 1 is 0.528 bits per heavy atom. The van der Waals surface area contributed by atoms with Crippen LogP contribution in [0.4, 0.5) is 0 Å². The van der Waals surface area contributed by atoms with Gasteiger partial charge in [-0.1, -0.05) is 132 Å². The normalized spacial score (nSPS) is 12.5. The molecule has 0 aliphatic carbocycles. The molecule has 0 saturated heterocycles. The Bertz CT molecular complexity index is 1480. The van der Waals surface area contributed by atoms with Crippen LogP contribution < -0.4 is 9.47 Å². The van der Waals surface area contributed by atoms with Crippen molar-refractivity contribution in [2.45, 2.75) is 143 Å². The molecule has 8 nitrogen and oxygen atoms in total. The van der Waals surface area contributed by atoms with Crippen molar-refractivity contribution in [2.75, 3.05) is 39.6 Å². The topological polar surface area (TPSA) is 89.5 Å². The van der Waals surface area contributed by atoms with E-state index >= 15 is 0 Å². The van der Waals surface area contributed by atoms with E-state index in [1.54, 1.807) is 0 Å². The highest BCUT2D eigenvalue weighted by Crippen LogP contribution is 2.44. The Balaban J connectivity index is 1.84. The van der Waals surface area contributed by atoms with Crippen molar-refractivity contribution in [3.8, 4) is 11.5 Å². The molecule has 0 saturated carbocycles. The Kier molecular flexibility index (Phi) is 22.5. The summed E-state index contributed by atoms with van der Waals surface area (Å²) in [5, 5.41) is 3.43. The first-order chi connectivity index (χ1) is 25.9. The summed E-state index contributed by atoms with van der Waals surface area (Å²) in [6, 6.07) is 14.0. The maximum Gasteiger partial charge on any atom is 0.306 e. The van der Waals surface area contributed by atoms with Gasteiger partial charge in [-0.3, -0.25) is 9.59 Å². The van der Waals surface area contributed by atoms with Crippen molar-refractivity contribution >= 4 is 49.4 Å². The molecule has 9 heteroatoms. The van der Waals surface area contributed by atoms with Crippen LogP contribution in [-0.4, -0.2) is 63.8 Å².